The van der Waals surface area contributed by atoms with E-state index in [4.69, 9.17) is 0 Å². The number of rotatable bonds is 10. The molecule has 0 bridgehead atoms. The minimum atomic E-state index is 0.886. The SMILES string of the molecule is c1ccc(-c2c(-c3ccc(-n4c5ccccc5c5c6cc7c(cc6c6c8ccccc8n(-c8ccccc8)c6c54)Cc4ccccc4C7)cc3)c3ccccc3n2-c2ccccc2)cc1.c1ccc(N(c2ccccc2)c2cccc(-n3c4ccccc4c4c5c(c6c7ccccc7n(-c7ccccc7)c6c43)Cc3cc4ccccc4cc3C5)c2)cc1. The van der Waals surface area contributed by atoms with Gasteiger partial charge in [0.1, 0.15) is 0 Å². The van der Waals surface area contributed by atoms with E-state index in [0.29, 0.717) is 0 Å². The molecule has 0 N–H and O–H groups in total. The van der Waals surface area contributed by atoms with Crippen molar-refractivity contribution in [2.24, 2.45) is 0 Å². The van der Waals surface area contributed by atoms with Crippen molar-refractivity contribution >= 4 is 137 Å². The fourth-order valence-corrected chi connectivity index (χ4v) is 21.1. The van der Waals surface area contributed by atoms with Gasteiger partial charge in [-0.15, -0.1) is 0 Å². The van der Waals surface area contributed by atoms with Crippen molar-refractivity contribution in [3.63, 3.8) is 0 Å². The Morgan fingerprint density at radius 3 is 0.959 bits per heavy atom. The Morgan fingerprint density at radius 1 is 0.189 bits per heavy atom. The average molecular weight is 1560 g/mol. The molecule has 2 aliphatic carbocycles. The summed E-state index contributed by atoms with van der Waals surface area (Å²) >= 11 is 0. The van der Waals surface area contributed by atoms with Crippen LogP contribution in [-0.2, 0) is 25.7 Å². The number of hydrogen-bond donors (Lipinski definition) is 0. The number of fused-ring (bicyclic) bond motifs is 25. The summed E-state index contributed by atoms with van der Waals surface area (Å²) < 4.78 is 12.6. The van der Waals surface area contributed by atoms with E-state index in [9.17, 15) is 0 Å². The fourth-order valence-electron chi connectivity index (χ4n) is 21.1. The number of benzene rings is 19. The van der Waals surface area contributed by atoms with Crippen molar-refractivity contribution < 1.29 is 0 Å². The molecule has 0 spiro atoms. The molecule has 0 amide bonds. The number of para-hydroxylation sites is 10. The third-order valence-electron chi connectivity index (χ3n) is 26.2. The van der Waals surface area contributed by atoms with Gasteiger partial charge in [0.15, 0.2) is 0 Å². The molecule has 122 heavy (non-hydrogen) atoms. The van der Waals surface area contributed by atoms with Gasteiger partial charge in [-0.1, -0.05) is 291 Å². The Balaban J connectivity index is 0.000000136. The molecule has 0 unspecified atom stereocenters. The summed E-state index contributed by atoms with van der Waals surface area (Å²) in [4.78, 5) is 2.36. The Kier molecular flexibility index (Phi) is 15.9. The molecule has 0 atom stereocenters. The van der Waals surface area contributed by atoms with Gasteiger partial charge in [-0.05, 0) is 236 Å². The van der Waals surface area contributed by atoms with E-state index >= 15 is 0 Å². The van der Waals surface area contributed by atoms with Crippen LogP contribution in [0.25, 0.3) is 170 Å². The highest BCUT2D eigenvalue weighted by Gasteiger charge is 2.33. The van der Waals surface area contributed by atoms with Gasteiger partial charge in [-0.3, -0.25) is 0 Å². The normalized spacial score (nSPS) is 12.5. The minimum absolute atomic E-state index is 0.886. The lowest BCUT2D eigenvalue weighted by Crippen LogP contribution is -2.11. The molecule has 5 aromatic heterocycles. The summed E-state index contributed by atoms with van der Waals surface area (Å²) in [5, 5.41) is 16.9. The van der Waals surface area contributed by atoms with Crippen LogP contribution in [0.1, 0.15) is 44.5 Å². The van der Waals surface area contributed by atoms with Crippen LogP contribution in [0, 0.1) is 0 Å². The van der Waals surface area contributed by atoms with Gasteiger partial charge in [-0.2, -0.15) is 0 Å². The van der Waals surface area contributed by atoms with Crippen molar-refractivity contribution in [1.29, 1.82) is 0 Å². The van der Waals surface area contributed by atoms with Crippen LogP contribution in [0.2, 0.25) is 0 Å². The first-order valence-electron chi connectivity index (χ1n) is 42.6. The molecule has 0 fully saturated rings. The number of aromatic nitrogens is 5. The Hall–Kier alpha value is -15.8. The maximum Gasteiger partial charge on any atom is 0.0795 e. The Labute approximate surface area is 705 Å². The summed E-state index contributed by atoms with van der Waals surface area (Å²) in [5.41, 5.74) is 36.3. The number of anilines is 3. The summed E-state index contributed by atoms with van der Waals surface area (Å²) in [6.45, 7) is 0. The van der Waals surface area contributed by atoms with E-state index in [2.05, 4.69) is 452 Å². The molecule has 0 aliphatic heterocycles. The molecule has 19 aromatic carbocycles. The molecule has 0 saturated heterocycles. The maximum atomic E-state index is 2.55. The largest absolute Gasteiger partial charge is 0.310 e. The predicted octanol–water partition coefficient (Wildman–Crippen LogP) is 29.8. The van der Waals surface area contributed by atoms with Gasteiger partial charge in [0.25, 0.3) is 0 Å². The molecular weight excluding hydrogens is 1480 g/mol. The van der Waals surface area contributed by atoms with Crippen LogP contribution >= 0.6 is 0 Å². The molecule has 5 heterocycles. The third-order valence-corrected chi connectivity index (χ3v) is 26.2. The molecular formula is C116H78N6. The van der Waals surface area contributed by atoms with Crippen molar-refractivity contribution in [1.82, 2.24) is 22.8 Å². The van der Waals surface area contributed by atoms with Gasteiger partial charge >= 0.3 is 0 Å². The van der Waals surface area contributed by atoms with E-state index in [-0.39, 0.29) is 0 Å². The van der Waals surface area contributed by atoms with E-state index < -0.39 is 0 Å². The van der Waals surface area contributed by atoms with E-state index in [1.165, 1.54) is 187 Å². The highest BCUT2D eigenvalue weighted by Crippen LogP contribution is 2.53. The van der Waals surface area contributed by atoms with Crippen LogP contribution in [0.15, 0.2) is 425 Å². The van der Waals surface area contributed by atoms with Gasteiger partial charge in [-0.25, -0.2) is 0 Å². The van der Waals surface area contributed by atoms with Crippen LogP contribution in [0.5, 0.6) is 0 Å². The highest BCUT2D eigenvalue weighted by molar-refractivity contribution is 6.37. The Morgan fingerprint density at radius 2 is 0.508 bits per heavy atom. The first-order valence-corrected chi connectivity index (χ1v) is 42.6. The van der Waals surface area contributed by atoms with Crippen LogP contribution < -0.4 is 4.90 Å². The van der Waals surface area contributed by atoms with E-state index in [1.54, 1.807) is 0 Å². The molecule has 24 aromatic rings. The summed E-state index contributed by atoms with van der Waals surface area (Å²) in [6.07, 6.45) is 3.67. The monoisotopic (exact) mass is 1550 g/mol. The molecule has 0 radical (unpaired) electrons. The van der Waals surface area contributed by atoms with E-state index in [0.717, 1.165) is 71.2 Å². The first kappa shape index (κ1) is 69.4. The second kappa shape index (κ2) is 28.0. The van der Waals surface area contributed by atoms with Crippen LogP contribution in [0.3, 0.4) is 0 Å². The predicted molar refractivity (Wildman–Crippen MR) is 512 cm³/mol. The standard InChI is InChI=1S/C62H41N3.C54H37N3/c1-4-18-41(19-5-1)60-57(49-26-12-15-29-54(49)63(60)46-22-6-2-7-23-46)40-32-34-48(35-33-40)65-56-31-17-14-28-51(56)59-53-39-45-37-43-21-11-10-20-42(43)36-44(45)38-52(53)58-50-27-13-16-30-55(50)64(61(58)62(59)65)47-24-8-3-9-25-47;1-4-19-40(20-5-1)55(41-21-6-2-7-22-41)43-25-16-26-44(35-43)57-50-30-15-13-28-46(50)52-48-34-39-32-37-18-11-10-17-36(37)31-38(39)33-47(48)51-45-27-12-14-29-49(45)56(53(51)54(52)57)42-23-8-3-9-24-42/h1-35,38-39H,36-37H2;1-32,35H,33-34H2. The van der Waals surface area contributed by atoms with Gasteiger partial charge in [0.2, 0.25) is 0 Å². The van der Waals surface area contributed by atoms with Crippen molar-refractivity contribution in [3.05, 3.63) is 469 Å². The van der Waals surface area contributed by atoms with Crippen molar-refractivity contribution in [3.8, 4) is 50.8 Å². The maximum absolute atomic E-state index is 2.55. The smallest absolute Gasteiger partial charge is 0.0795 e. The molecule has 2 aliphatic rings. The second-order valence-electron chi connectivity index (χ2n) is 32.9. The molecule has 26 rings (SSSR count). The van der Waals surface area contributed by atoms with Crippen molar-refractivity contribution in [2.75, 3.05) is 4.90 Å². The van der Waals surface area contributed by atoms with Crippen LogP contribution in [0.4, 0.5) is 17.1 Å². The lowest BCUT2D eigenvalue weighted by Gasteiger charge is -2.26. The molecule has 572 valence electrons. The molecule has 6 heteroatoms. The lowest BCUT2D eigenvalue weighted by atomic mass is 9.80. The van der Waals surface area contributed by atoms with Gasteiger partial charge in [0, 0.05) is 99.5 Å². The third kappa shape index (κ3) is 10.8. The molecule has 6 nitrogen and oxygen atoms in total. The number of hydrogen-bond acceptors (Lipinski definition) is 1. The zero-order chi connectivity index (χ0) is 80.0. The zero-order valence-electron chi connectivity index (χ0n) is 66.9. The van der Waals surface area contributed by atoms with E-state index in [1.807, 2.05) is 0 Å². The zero-order valence-corrected chi connectivity index (χ0v) is 66.9. The first-order chi connectivity index (χ1) is 60.6. The second-order valence-corrected chi connectivity index (χ2v) is 32.9. The minimum Gasteiger partial charge on any atom is -0.310 e. The van der Waals surface area contributed by atoms with Crippen LogP contribution in [-0.4, -0.2) is 22.8 Å². The summed E-state index contributed by atoms with van der Waals surface area (Å²) in [5.74, 6) is 0. The average Bonchev–Trinajstić information content (AvgIpc) is 1.52. The highest BCUT2D eigenvalue weighted by atomic mass is 15.1. The molecule has 0 saturated carbocycles. The summed E-state index contributed by atoms with van der Waals surface area (Å²) in [6, 6.07) is 156. The summed E-state index contributed by atoms with van der Waals surface area (Å²) in [7, 11) is 0. The fraction of sp³-hybridized carbons (Fsp3) is 0.0345. The quantitative estimate of drug-likeness (QED) is 0.134. The Bertz CT molecular complexity index is 8300. The number of nitrogens with zero attached hydrogens (tertiary/aromatic N) is 6. The van der Waals surface area contributed by atoms with Gasteiger partial charge in [0.05, 0.1) is 55.3 Å². The van der Waals surface area contributed by atoms with Gasteiger partial charge < -0.3 is 27.7 Å². The topological polar surface area (TPSA) is 27.9 Å². The van der Waals surface area contributed by atoms with Crippen molar-refractivity contribution in [2.45, 2.75) is 25.7 Å². The lowest BCUT2D eigenvalue weighted by molar-refractivity contribution is 1.01.